The third-order valence-corrected chi connectivity index (χ3v) is 2.99. The normalized spacial score (nSPS) is 13.4. The summed E-state index contributed by atoms with van der Waals surface area (Å²) in [6.45, 7) is 7.71. The van der Waals surface area contributed by atoms with Crippen LogP contribution in [0.2, 0.25) is 5.15 Å². The van der Waals surface area contributed by atoms with E-state index >= 15 is 0 Å². The minimum Gasteiger partial charge on any atom is -0.299 e. The molecule has 0 aliphatic carbocycles. The maximum Gasteiger partial charge on any atom is 0.129 e. The monoisotopic (exact) mass is 240 g/mol. The van der Waals surface area contributed by atoms with E-state index in [1.165, 1.54) is 12.0 Å². The zero-order valence-electron chi connectivity index (χ0n) is 10.6. The molecular weight excluding hydrogens is 220 g/mol. The molecule has 1 atom stereocenters. The molecule has 0 fully saturated rings. The number of hydrogen-bond donors (Lipinski definition) is 0. The van der Waals surface area contributed by atoms with Crippen LogP contribution in [0.25, 0.3) is 0 Å². The molecule has 0 radical (unpaired) electrons. The highest BCUT2D eigenvalue weighted by Crippen LogP contribution is 2.14. The Morgan fingerprint density at radius 2 is 2.06 bits per heavy atom. The largest absolute Gasteiger partial charge is 0.299 e. The molecule has 0 amide bonds. The van der Waals surface area contributed by atoms with Gasteiger partial charge >= 0.3 is 0 Å². The Morgan fingerprint density at radius 3 is 2.62 bits per heavy atom. The van der Waals surface area contributed by atoms with Crippen molar-refractivity contribution in [1.82, 2.24) is 9.88 Å². The average Bonchev–Trinajstić information content (AvgIpc) is 2.16. The highest BCUT2D eigenvalue weighted by Gasteiger charge is 2.11. The van der Waals surface area contributed by atoms with Crippen molar-refractivity contribution in [2.75, 3.05) is 7.05 Å². The fraction of sp³-hybridized carbons (Fsp3) is 0.615. The van der Waals surface area contributed by atoms with Gasteiger partial charge in [-0.15, -0.1) is 0 Å². The van der Waals surface area contributed by atoms with Crippen molar-refractivity contribution >= 4 is 11.6 Å². The summed E-state index contributed by atoms with van der Waals surface area (Å²) < 4.78 is 0. The van der Waals surface area contributed by atoms with E-state index in [2.05, 4.69) is 37.7 Å². The lowest BCUT2D eigenvalue weighted by Crippen LogP contribution is -2.29. The van der Waals surface area contributed by atoms with Gasteiger partial charge in [0.15, 0.2) is 0 Å². The number of nitrogens with zero attached hydrogens (tertiary/aromatic N) is 2. The quantitative estimate of drug-likeness (QED) is 0.731. The molecule has 2 nitrogen and oxygen atoms in total. The van der Waals surface area contributed by atoms with Crippen molar-refractivity contribution in [2.24, 2.45) is 5.92 Å². The van der Waals surface area contributed by atoms with Crippen LogP contribution < -0.4 is 0 Å². The first-order valence-electron chi connectivity index (χ1n) is 5.79. The summed E-state index contributed by atoms with van der Waals surface area (Å²) in [4.78, 5) is 6.34. The van der Waals surface area contributed by atoms with Gasteiger partial charge in [-0.05, 0) is 44.0 Å². The second-order valence-electron chi connectivity index (χ2n) is 4.88. The van der Waals surface area contributed by atoms with Crippen LogP contribution in [-0.4, -0.2) is 23.0 Å². The lowest BCUT2D eigenvalue weighted by Gasteiger charge is -2.26. The summed E-state index contributed by atoms with van der Waals surface area (Å²) in [5, 5.41) is 0.572. The Labute approximate surface area is 104 Å². The SMILES string of the molecule is CC(C)CC(C)N(C)Cc1ccnc(Cl)c1. The Bertz CT molecular complexity index is 325. The summed E-state index contributed by atoms with van der Waals surface area (Å²) in [6, 6.07) is 4.54. The van der Waals surface area contributed by atoms with Gasteiger partial charge in [0.05, 0.1) is 0 Å². The van der Waals surface area contributed by atoms with Gasteiger partial charge in [-0.3, -0.25) is 4.90 Å². The smallest absolute Gasteiger partial charge is 0.129 e. The predicted molar refractivity (Wildman–Crippen MR) is 69.6 cm³/mol. The molecule has 0 N–H and O–H groups in total. The van der Waals surface area contributed by atoms with E-state index in [-0.39, 0.29) is 0 Å². The van der Waals surface area contributed by atoms with Gasteiger partial charge in [0, 0.05) is 18.8 Å². The molecular formula is C13H21ClN2. The van der Waals surface area contributed by atoms with Crippen LogP contribution in [0, 0.1) is 5.92 Å². The van der Waals surface area contributed by atoms with Crippen LogP contribution in [0.3, 0.4) is 0 Å². The van der Waals surface area contributed by atoms with Crippen molar-refractivity contribution < 1.29 is 0 Å². The molecule has 0 bridgehead atoms. The minimum atomic E-state index is 0.572. The molecule has 1 heterocycles. The van der Waals surface area contributed by atoms with Crippen molar-refractivity contribution in [3.63, 3.8) is 0 Å². The molecule has 0 aliphatic rings. The van der Waals surface area contributed by atoms with Crippen LogP contribution in [0.5, 0.6) is 0 Å². The molecule has 1 aromatic heterocycles. The molecule has 0 saturated heterocycles. The molecule has 1 unspecified atom stereocenters. The number of rotatable bonds is 5. The Hall–Kier alpha value is -0.600. The second-order valence-corrected chi connectivity index (χ2v) is 5.27. The van der Waals surface area contributed by atoms with Gasteiger partial charge in [-0.25, -0.2) is 4.98 Å². The first-order valence-corrected chi connectivity index (χ1v) is 6.17. The van der Waals surface area contributed by atoms with Gasteiger partial charge in [0.2, 0.25) is 0 Å². The molecule has 1 aromatic rings. The van der Waals surface area contributed by atoms with E-state index in [1.807, 2.05) is 12.1 Å². The second kappa shape index (κ2) is 6.21. The van der Waals surface area contributed by atoms with E-state index < -0.39 is 0 Å². The molecule has 90 valence electrons. The predicted octanol–water partition coefficient (Wildman–Crippen LogP) is 3.60. The van der Waals surface area contributed by atoms with Gasteiger partial charge < -0.3 is 0 Å². The van der Waals surface area contributed by atoms with E-state index in [0.29, 0.717) is 11.2 Å². The zero-order valence-corrected chi connectivity index (χ0v) is 11.3. The molecule has 0 aliphatic heterocycles. The maximum absolute atomic E-state index is 5.86. The van der Waals surface area contributed by atoms with Gasteiger partial charge in [0.1, 0.15) is 5.15 Å². The Morgan fingerprint density at radius 1 is 1.38 bits per heavy atom. The molecule has 1 rings (SSSR count). The van der Waals surface area contributed by atoms with Crippen LogP contribution in [-0.2, 0) is 6.54 Å². The molecule has 0 saturated carbocycles. The topological polar surface area (TPSA) is 16.1 Å². The Kier molecular flexibility index (Phi) is 5.23. The average molecular weight is 241 g/mol. The van der Waals surface area contributed by atoms with Crippen LogP contribution in [0.15, 0.2) is 18.3 Å². The first-order chi connectivity index (χ1) is 7.49. The van der Waals surface area contributed by atoms with Gasteiger partial charge in [-0.2, -0.15) is 0 Å². The third-order valence-electron chi connectivity index (χ3n) is 2.79. The first kappa shape index (κ1) is 13.5. The molecule has 0 spiro atoms. The summed E-state index contributed by atoms with van der Waals surface area (Å²) in [5.41, 5.74) is 1.22. The highest BCUT2D eigenvalue weighted by atomic mass is 35.5. The van der Waals surface area contributed by atoms with E-state index in [1.54, 1.807) is 6.20 Å². The summed E-state index contributed by atoms with van der Waals surface area (Å²) in [7, 11) is 2.15. The minimum absolute atomic E-state index is 0.572. The lowest BCUT2D eigenvalue weighted by atomic mass is 10.0. The number of pyridine rings is 1. The van der Waals surface area contributed by atoms with Gasteiger partial charge in [-0.1, -0.05) is 25.4 Å². The molecule has 3 heteroatoms. The zero-order chi connectivity index (χ0) is 12.1. The maximum atomic E-state index is 5.86. The lowest BCUT2D eigenvalue weighted by molar-refractivity contribution is 0.220. The number of halogens is 1. The van der Waals surface area contributed by atoms with Crippen molar-refractivity contribution in [2.45, 2.75) is 39.8 Å². The van der Waals surface area contributed by atoms with E-state index in [4.69, 9.17) is 11.6 Å². The number of hydrogen-bond acceptors (Lipinski definition) is 2. The third kappa shape index (κ3) is 4.50. The summed E-state index contributed by atoms with van der Waals surface area (Å²) >= 11 is 5.86. The van der Waals surface area contributed by atoms with Crippen molar-refractivity contribution in [1.29, 1.82) is 0 Å². The summed E-state index contributed by atoms with van der Waals surface area (Å²) in [6.07, 6.45) is 2.98. The van der Waals surface area contributed by atoms with Crippen molar-refractivity contribution in [3.8, 4) is 0 Å². The van der Waals surface area contributed by atoms with Crippen LogP contribution in [0.1, 0.15) is 32.8 Å². The van der Waals surface area contributed by atoms with Gasteiger partial charge in [0.25, 0.3) is 0 Å². The van der Waals surface area contributed by atoms with Crippen molar-refractivity contribution in [3.05, 3.63) is 29.0 Å². The van der Waals surface area contributed by atoms with E-state index in [9.17, 15) is 0 Å². The summed E-state index contributed by atoms with van der Waals surface area (Å²) in [5.74, 6) is 0.735. The molecule has 16 heavy (non-hydrogen) atoms. The van der Waals surface area contributed by atoms with Crippen LogP contribution in [0.4, 0.5) is 0 Å². The van der Waals surface area contributed by atoms with E-state index in [0.717, 1.165) is 12.5 Å². The number of aromatic nitrogens is 1. The van der Waals surface area contributed by atoms with Crippen LogP contribution >= 0.6 is 11.6 Å². The Balaban J connectivity index is 2.53. The fourth-order valence-corrected chi connectivity index (χ4v) is 2.04. The molecule has 0 aromatic carbocycles. The standard InChI is InChI=1S/C13H21ClN2/c1-10(2)7-11(3)16(4)9-12-5-6-15-13(14)8-12/h5-6,8,10-11H,7,9H2,1-4H3. The highest BCUT2D eigenvalue weighted by molar-refractivity contribution is 6.29. The fourth-order valence-electron chi connectivity index (χ4n) is 1.85.